The van der Waals surface area contributed by atoms with Gasteiger partial charge in [-0.05, 0) is 18.2 Å². The van der Waals surface area contributed by atoms with E-state index < -0.39 is 27.8 Å². The molecule has 0 aromatic heterocycles. The van der Waals surface area contributed by atoms with Crippen molar-refractivity contribution in [3.8, 4) is 17.2 Å². The molecule has 0 spiro atoms. The van der Waals surface area contributed by atoms with Gasteiger partial charge in [0.15, 0.2) is 11.5 Å². The van der Waals surface area contributed by atoms with Gasteiger partial charge in [0.2, 0.25) is 21.7 Å². The fourth-order valence-electron chi connectivity index (χ4n) is 3.25. The number of hydrogen-bond acceptors (Lipinski definition) is 7. The van der Waals surface area contributed by atoms with E-state index in [1.807, 2.05) is 0 Å². The quantitative estimate of drug-likeness (QED) is 0.693. The van der Waals surface area contributed by atoms with E-state index in [9.17, 15) is 18.0 Å². The topological polar surface area (TPSA) is 111 Å². The predicted molar refractivity (Wildman–Crippen MR) is 116 cm³/mol. The Hall–Kier alpha value is -2.98. The van der Waals surface area contributed by atoms with Crippen molar-refractivity contribution in [1.82, 2.24) is 0 Å². The van der Waals surface area contributed by atoms with E-state index in [0.717, 1.165) is 4.31 Å². The summed E-state index contributed by atoms with van der Waals surface area (Å²) in [4.78, 5) is 25.0. The molecule has 0 radical (unpaired) electrons. The summed E-state index contributed by atoms with van der Waals surface area (Å²) in [6, 6.07) is 7.11. The minimum atomic E-state index is -3.77. The van der Waals surface area contributed by atoms with Crippen molar-refractivity contribution in [2.75, 3.05) is 36.7 Å². The average molecular weight is 469 g/mol. The van der Waals surface area contributed by atoms with Crippen LogP contribution in [-0.4, -0.2) is 47.3 Å². The summed E-state index contributed by atoms with van der Waals surface area (Å²) in [5, 5.41) is 2.67. The fraction of sp³-hybridized carbons (Fsp3) is 0.300. The highest BCUT2D eigenvalue weighted by atomic mass is 35.5. The smallest absolute Gasteiger partial charge is 0.257 e. The van der Waals surface area contributed by atoms with Gasteiger partial charge in [-0.3, -0.25) is 9.59 Å². The number of carbonyl (C=O) groups excluding carboxylic acids is 2. The normalized spacial score (nSPS) is 17.4. The van der Waals surface area contributed by atoms with Crippen molar-refractivity contribution < 1.29 is 32.2 Å². The molecule has 0 unspecified atom stereocenters. The van der Waals surface area contributed by atoms with Gasteiger partial charge < -0.3 is 19.5 Å². The Balaban J connectivity index is 1.90. The van der Waals surface area contributed by atoms with Crippen molar-refractivity contribution in [3.05, 3.63) is 40.9 Å². The third-order valence-corrected chi connectivity index (χ3v) is 6.90. The number of methoxy groups -OCH3 is 3. The van der Waals surface area contributed by atoms with Gasteiger partial charge in [0, 0.05) is 17.8 Å². The van der Waals surface area contributed by atoms with Crippen molar-refractivity contribution in [1.29, 1.82) is 0 Å². The summed E-state index contributed by atoms with van der Waals surface area (Å²) in [7, 11) is 0.593. The zero-order valence-corrected chi connectivity index (χ0v) is 18.8. The van der Waals surface area contributed by atoms with Crippen LogP contribution in [0, 0.1) is 5.92 Å². The number of benzene rings is 2. The zero-order chi connectivity index (χ0) is 22.9. The molecule has 2 aromatic carbocycles. The number of halogens is 1. The van der Waals surface area contributed by atoms with Crippen LogP contribution in [0.3, 0.4) is 0 Å². The van der Waals surface area contributed by atoms with Gasteiger partial charge in [-0.2, -0.15) is 0 Å². The monoisotopic (exact) mass is 468 g/mol. The second-order valence-corrected chi connectivity index (χ2v) is 9.08. The summed E-state index contributed by atoms with van der Waals surface area (Å²) in [5.41, 5.74) is 0.547. The van der Waals surface area contributed by atoms with Gasteiger partial charge in [0.25, 0.3) is 5.91 Å². The molecule has 0 saturated carbocycles. The maximum Gasteiger partial charge on any atom is 0.257 e. The highest BCUT2D eigenvalue weighted by Crippen LogP contribution is 2.40. The van der Waals surface area contributed by atoms with Crippen LogP contribution in [0.4, 0.5) is 11.4 Å². The van der Waals surface area contributed by atoms with Crippen LogP contribution in [0.25, 0.3) is 0 Å². The number of nitrogens with one attached hydrogen (secondary N) is 1. The first-order valence-electron chi connectivity index (χ1n) is 9.10. The summed E-state index contributed by atoms with van der Waals surface area (Å²) in [5.74, 6) is -0.924. The largest absolute Gasteiger partial charge is 0.493 e. The third kappa shape index (κ3) is 4.26. The van der Waals surface area contributed by atoms with Crippen LogP contribution >= 0.6 is 11.6 Å². The van der Waals surface area contributed by atoms with E-state index in [4.69, 9.17) is 25.8 Å². The molecule has 2 aromatic rings. The van der Waals surface area contributed by atoms with Crippen LogP contribution in [0.2, 0.25) is 5.02 Å². The standard InChI is InChI=1S/C20H21ClN2O7S/c1-11-10-31(26,27)23(20(11)25)13-5-6-14(15(21)9-13)19(24)22-12-7-16(28-2)18(30-4)17(8-12)29-3/h5-9,11H,10H2,1-4H3,(H,22,24)/t11-/m0/s1. The number of carbonyl (C=O) groups is 2. The molecule has 3 rings (SSSR count). The Morgan fingerprint density at radius 3 is 2.16 bits per heavy atom. The lowest BCUT2D eigenvalue weighted by molar-refractivity contribution is -0.119. The second-order valence-electron chi connectivity index (χ2n) is 6.81. The summed E-state index contributed by atoms with van der Waals surface area (Å²) in [6.45, 7) is 1.54. The van der Waals surface area contributed by atoms with Crippen molar-refractivity contribution >= 4 is 44.8 Å². The molecule has 0 bridgehead atoms. The lowest BCUT2D eigenvalue weighted by Crippen LogP contribution is -2.30. The molecule has 1 saturated heterocycles. The van der Waals surface area contributed by atoms with Crippen molar-refractivity contribution in [3.63, 3.8) is 0 Å². The van der Waals surface area contributed by atoms with E-state index in [1.165, 1.54) is 39.5 Å². The third-order valence-electron chi connectivity index (χ3n) is 4.71. The molecule has 1 aliphatic rings. The first-order valence-corrected chi connectivity index (χ1v) is 11.1. The minimum absolute atomic E-state index is 0.00926. The molecular formula is C20H21ClN2O7S. The lowest BCUT2D eigenvalue weighted by atomic mass is 10.1. The van der Waals surface area contributed by atoms with Crippen LogP contribution in [-0.2, 0) is 14.8 Å². The Bertz CT molecular complexity index is 1130. The fourth-order valence-corrected chi connectivity index (χ4v) is 5.33. The number of hydrogen-bond donors (Lipinski definition) is 1. The van der Waals surface area contributed by atoms with Crippen LogP contribution < -0.4 is 23.8 Å². The number of nitrogens with zero attached hydrogens (tertiary/aromatic N) is 1. The molecule has 1 heterocycles. The molecule has 2 amide bonds. The zero-order valence-electron chi connectivity index (χ0n) is 17.3. The van der Waals surface area contributed by atoms with Gasteiger partial charge in [-0.15, -0.1) is 0 Å². The van der Waals surface area contributed by atoms with E-state index >= 15 is 0 Å². The SMILES string of the molecule is COc1cc(NC(=O)c2ccc(N3C(=O)[C@@H](C)CS3(=O)=O)cc2Cl)cc(OC)c1OC. The molecule has 31 heavy (non-hydrogen) atoms. The van der Waals surface area contributed by atoms with Gasteiger partial charge in [0.05, 0.1) is 49.3 Å². The maximum absolute atomic E-state index is 12.8. The Morgan fingerprint density at radius 2 is 1.71 bits per heavy atom. The average Bonchev–Trinajstić information content (AvgIpc) is 2.93. The van der Waals surface area contributed by atoms with Crippen molar-refractivity contribution in [2.24, 2.45) is 5.92 Å². The predicted octanol–water partition coefficient (Wildman–Crippen LogP) is 2.93. The highest BCUT2D eigenvalue weighted by Gasteiger charge is 2.42. The number of anilines is 2. The summed E-state index contributed by atoms with van der Waals surface area (Å²) >= 11 is 6.25. The first kappa shape index (κ1) is 22.7. The highest BCUT2D eigenvalue weighted by molar-refractivity contribution is 7.94. The molecule has 9 nitrogen and oxygen atoms in total. The van der Waals surface area contributed by atoms with Crippen LogP contribution in [0.15, 0.2) is 30.3 Å². The molecule has 1 aliphatic heterocycles. The van der Waals surface area contributed by atoms with E-state index in [1.54, 1.807) is 19.1 Å². The molecule has 1 N–H and O–H groups in total. The van der Waals surface area contributed by atoms with Gasteiger partial charge in [-0.1, -0.05) is 18.5 Å². The lowest BCUT2D eigenvalue weighted by Gasteiger charge is -2.17. The molecule has 1 atom stereocenters. The number of sulfonamides is 1. The minimum Gasteiger partial charge on any atom is -0.493 e. The van der Waals surface area contributed by atoms with E-state index in [2.05, 4.69) is 5.32 Å². The molecule has 1 fully saturated rings. The number of ether oxygens (including phenoxy) is 3. The Morgan fingerprint density at radius 1 is 1.10 bits per heavy atom. The van der Waals surface area contributed by atoms with E-state index in [0.29, 0.717) is 22.9 Å². The van der Waals surface area contributed by atoms with Gasteiger partial charge in [0.1, 0.15) is 0 Å². The molecule has 0 aliphatic carbocycles. The maximum atomic E-state index is 12.8. The van der Waals surface area contributed by atoms with Crippen LogP contribution in [0.1, 0.15) is 17.3 Å². The van der Waals surface area contributed by atoms with E-state index in [-0.39, 0.29) is 22.0 Å². The van der Waals surface area contributed by atoms with Crippen molar-refractivity contribution in [2.45, 2.75) is 6.92 Å². The Kier molecular flexibility index (Phi) is 6.33. The van der Waals surface area contributed by atoms with Gasteiger partial charge in [-0.25, -0.2) is 12.7 Å². The summed E-state index contributed by atoms with van der Waals surface area (Å²) in [6.07, 6.45) is 0. The summed E-state index contributed by atoms with van der Waals surface area (Å²) < 4.78 is 41.1. The molecular weight excluding hydrogens is 448 g/mol. The molecule has 166 valence electrons. The molecule has 11 heteroatoms. The second kappa shape index (κ2) is 8.64. The Labute approximate surface area is 184 Å². The van der Waals surface area contributed by atoms with Crippen LogP contribution in [0.5, 0.6) is 17.2 Å². The number of amides is 2. The van der Waals surface area contributed by atoms with Gasteiger partial charge >= 0.3 is 0 Å². The first-order chi connectivity index (χ1) is 14.6. The number of rotatable bonds is 6.